The van der Waals surface area contributed by atoms with Gasteiger partial charge in [-0.3, -0.25) is 4.79 Å². The van der Waals surface area contributed by atoms with E-state index in [1.807, 2.05) is 6.92 Å². The Morgan fingerprint density at radius 1 is 1.67 bits per heavy atom. The number of amides is 1. The molecule has 0 aromatic carbocycles. The van der Waals surface area contributed by atoms with E-state index in [1.54, 1.807) is 0 Å². The molecule has 1 rings (SSSR count). The van der Waals surface area contributed by atoms with Crippen LogP contribution in [0.1, 0.15) is 26.2 Å². The van der Waals surface area contributed by atoms with Gasteiger partial charge < -0.3 is 10.2 Å². The molecule has 0 aliphatic carbocycles. The summed E-state index contributed by atoms with van der Waals surface area (Å²) in [6.45, 7) is 5.14. The molecule has 1 N–H and O–H groups in total. The van der Waals surface area contributed by atoms with Crippen molar-refractivity contribution < 1.29 is 4.79 Å². The second kappa shape index (κ2) is 6.48. The average molecular weight is 277 g/mol. The average Bonchev–Trinajstić information content (AvgIpc) is 2.25. The molecule has 4 heteroatoms. The lowest BCUT2D eigenvalue weighted by atomic mass is 9.98. The van der Waals surface area contributed by atoms with Crippen molar-refractivity contribution in [3.63, 3.8) is 0 Å². The molecule has 1 aliphatic heterocycles. The molecule has 88 valence electrons. The summed E-state index contributed by atoms with van der Waals surface area (Å²) in [5, 5.41) is 3.01. The third-order valence-corrected chi connectivity index (χ3v) is 3.99. The first kappa shape index (κ1) is 13.0. The molecule has 0 bridgehead atoms. The van der Waals surface area contributed by atoms with Gasteiger partial charge in [0.1, 0.15) is 0 Å². The fourth-order valence-electron chi connectivity index (χ4n) is 1.98. The molecule has 1 saturated heterocycles. The molecule has 1 aliphatic rings. The van der Waals surface area contributed by atoms with Crippen LogP contribution in [0.25, 0.3) is 0 Å². The molecule has 0 spiro atoms. The zero-order chi connectivity index (χ0) is 11.3. The topological polar surface area (TPSA) is 32.3 Å². The Bertz CT molecular complexity index is 211. The Balaban J connectivity index is 2.21. The van der Waals surface area contributed by atoms with Gasteiger partial charge in [0.25, 0.3) is 0 Å². The third-order valence-electron chi connectivity index (χ3n) is 2.93. The van der Waals surface area contributed by atoms with Crippen LogP contribution in [0.15, 0.2) is 0 Å². The largest absolute Gasteiger partial charge is 0.355 e. The number of alkyl halides is 1. The van der Waals surface area contributed by atoms with E-state index in [1.165, 1.54) is 19.4 Å². The molecule has 15 heavy (non-hydrogen) atoms. The number of piperidine rings is 1. The van der Waals surface area contributed by atoms with Crippen molar-refractivity contribution >= 4 is 21.8 Å². The normalized spacial score (nSPS) is 24.9. The van der Waals surface area contributed by atoms with Crippen LogP contribution in [0.5, 0.6) is 0 Å². The van der Waals surface area contributed by atoms with Gasteiger partial charge in [-0.1, -0.05) is 22.9 Å². The molecule has 0 aromatic rings. The van der Waals surface area contributed by atoms with Gasteiger partial charge in [0.2, 0.25) is 5.91 Å². The van der Waals surface area contributed by atoms with Crippen LogP contribution >= 0.6 is 15.9 Å². The molecule has 2 atom stereocenters. The fraction of sp³-hybridized carbons (Fsp3) is 0.909. The lowest BCUT2D eigenvalue weighted by Crippen LogP contribution is -2.40. The molecule has 0 saturated carbocycles. The van der Waals surface area contributed by atoms with Crippen LogP contribution < -0.4 is 5.32 Å². The zero-order valence-electron chi connectivity index (χ0n) is 9.63. The maximum Gasteiger partial charge on any atom is 0.233 e. The lowest BCUT2D eigenvalue weighted by Gasteiger charge is -2.29. The maximum atomic E-state index is 11.5. The number of carbonyl (C=O) groups is 1. The Hall–Kier alpha value is -0.0900. The zero-order valence-corrected chi connectivity index (χ0v) is 11.2. The summed E-state index contributed by atoms with van der Waals surface area (Å²) in [4.78, 5) is 13.8. The summed E-state index contributed by atoms with van der Waals surface area (Å²) in [5.74, 6) is 0.759. The van der Waals surface area contributed by atoms with Gasteiger partial charge in [-0.15, -0.1) is 0 Å². The first-order chi connectivity index (χ1) is 7.13. The highest BCUT2D eigenvalue weighted by atomic mass is 79.9. The first-order valence-corrected chi connectivity index (χ1v) is 6.65. The van der Waals surface area contributed by atoms with E-state index in [-0.39, 0.29) is 10.7 Å². The van der Waals surface area contributed by atoms with Gasteiger partial charge >= 0.3 is 0 Å². The third kappa shape index (κ3) is 4.51. The number of hydrogen-bond acceptors (Lipinski definition) is 2. The summed E-state index contributed by atoms with van der Waals surface area (Å²) in [6, 6.07) is 0. The van der Waals surface area contributed by atoms with E-state index in [0.29, 0.717) is 5.92 Å². The van der Waals surface area contributed by atoms with Gasteiger partial charge in [-0.2, -0.15) is 0 Å². The van der Waals surface area contributed by atoms with Gasteiger partial charge in [-0.25, -0.2) is 0 Å². The molecule has 2 unspecified atom stereocenters. The van der Waals surface area contributed by atoms with Crippen LogP contribution in [-0.2, 0) is 4.79 Å². The summed E-state index contributed by atoms with van der Waals surface area (Å²) < 4.78 is 0. The van der Waals surface area contributed by atoms with Gasteiger partial charge in [0.05, 0.1) is 4.83 Å². The highest BCUT2D eigenvalue weighted by Gasteiger charge is 2.19. The molecule has 1 heterocycles. The van der Waals surface area contributed by atoms with Crippen molar-refractivity contribution in [3.8, 4) is 0 Å². The van der Waals surface area contributed by atoms with E-state index >= 15 is 0 Å². The standard InChI is InChI=1S/C11H21BrN2O/c1-3-10(12)11(15)13-7-9-5-4-6-14(2)8-9/h9-10H,3-8H2,1-2H3,(H,13,15). The summed E-state index contributed by atoms with van der Waals surface area (Å²) in [6.07, 6.45) is 3.34. The summed E-state index contributed by atoms with van der Waals surface area (Å²) in [5.41, 5.74) is 0. The molecule has 0 aromatic heterocycles. The molecule has 0 radical (unpaired) electrons. The van der Waals surface area contributed by atoms with Crippen LogP contribution in [0.2, 0.25) is 0 Å². The van der Waals surface area contributed by atoms with Crippen LogP contribution in [0.3, 0.4) is 0 Å². The number of carbonyl (C=O) groups excluding carboxylic acids is 1. The second-order valence-electron chi connectivity index (χ2n) is 4.39. The minimum atomic E-state index is -0.0289. The summed E-state index contributed by atoms with van der Waals surface area (Å²) in [7, 11) is 2.15. The minimum absolute atomic E-state index is 0.0289. The minimum Gasteiger partial charge on any atom is -0.355 e. The predicted octanol–water partition coefficient (Wildman–Crippen LogP) is 1.62. The lowest BCUT2D eigenvalue weighted by molar-refractivity contribution is -0.120. The maximum absolute atomic E-state index is 11.5. The molecule has 1 fully saturated rings. The Morgan fingerprint density at radius 3 is 3.00 bits per heavy atom. The van der Waals surface area contributed by atoms with Crippen LogP contribution in [0, 0.1) is 5.92 Å². The first-order valence-electron chi connectivity index (χ1n) is 5.73. The highest BCUT2D eigenvalue weighted by Crippen LogP contribution is 2.14. The quantitative estimate of drug-likeness (QED) is 0.792. The molecular formula is C11H21BrN2O. The number of nitrogens with one attached hydrogen (secondary N) is 1. The predicted molar refractivity (Wildman–Crippen MR) is 66.2 cm³/mol. The van der Waals surface area contributed by atoms with Crippen molar-refractivity contribution in [2.24, 2.45) is 5.92 Å². The smallest absolute Gasteiger partial charge is 0.233 e. The van der Waals surface area contributed by atoms with Crippen molar-refractivity contribution in [2.75, 3.05) is 26.7 Å². The van der Waals surface area contributed by atoms with Crippen molar-refractivity contribution in [1.82, 2.24) is 10.2 Å². The molecular weight excluding hydrogens is 256 g/mol. The Morgan fingerprint density at radius 2 is 2.40 bits per heavy atom. The number of nitrogens with zero attached hydrogens (tertiary/aromatic N) is 1. The highest BCUT2D eigenvalue weighted by molar-refractivity contribution is 9.10. The van der Waals surface area contributed by atoms with Gasteiger partial charge in [0.15, 0.2) is 0 Å². The van der Waals surface area contributed by atoms with Crippen molar-refractivity contribution in [3.05, 3.63) is 0 Å². The van der Waals surface area contributed by atoms with E-state index in [0.717, 1.165) is 19.5 Å². The number of likely N-dealkylation sites (tertiary alicyclic amines) is 1. The van der Waals surface area contributed by atoms with E-state index in [2.05, 4.69) is 33.2 Å². The molecule has 1 amide bonds. The number of hydrogen-bond donors (Lipinski definition) is 1. The number of halogens is 1. The van der Waals surface area contributed by atoms with E-state index < -0.39 is 0 Å². The Labute approximate surface area is 101 Å². The van der Waals surface area contributed by atoms with Crippen LogP contribution in [-0.4, -0.2) is 42.3 Å². The van der Waals surface area contributed by atoms with Crippen molar-refractivity contribution in [1.29, 1.82) is 0 Å². The second-order valence-corrected chi connectivity index (χ2v) is 5.50. The fourth-order valence-corrected chi connectivity index (χ4v) is 2.14. The Kier molecular flexibility index (Phi) is 5.61. The van der Waals surface area contributed by atoms with E-state index in [9.17, 15) is 4.79 Å². The van der Waals surface area contributed by atoms with E-state index in [4.69, 9.17) is 0 Å². The van der Waals surface area contributed by atoms with Crippen LogP contribution in [0.4, 0.5) is 0 Å². The SMILES string of the molecule is CCC(Br)C(=O)NCC1CCCN(C)C1. The monoisotopic (exact) mass is 276 g/mol. The summed E-state index contributed by atoms with van der Waals surface area (Å²) >= 11 is 3.36. The van der Waals surface area contributed by atoms with Gasteiger partial charge in [0, 0.05) is 13.1 Å². The number of rotatable bonds is 4. The van der Waals surface area contributed by atoms with Crippen molar-refractivity contribution in [2.45, 2.75) is 31.0 Å². The van der Waals surface area contributed by atoms with Gasteiger partial charge in [-0.05, 0) is 38.8 Å². The molecule has 3 nitrogen and oxygen atoms in total.